The van der Waals surface area contributed by atoms with E-state index in [0.29, 0.717) is 17.3 Å². The van der Waals surface area contributed by atoms with Gasteiger partial charge in [-0.25, -0.2) is 0 Å². The van der Waals surface area contributed by atoms with Gasteiger partial charge in [-0.3, -0.25) is 4.79 Å². The number of carbonyl (C=O) groups excluding carboxylic acids is 1. The number of nitrogens with one attached hydrogen (secondary N) is 2. The summed E-state index contributed by atoms with van der Waals surface area (Å²) in [6.07, 6.45) is 0. The Morgan fingerprint density at radius 1 is 0.963 bits per heavy atom. The number of hydrogen-bond acceptors (Lipinski definition) is 3. The van der Waals surface area contributed by atoms with Gasteiger partial charge in [-0.2, -0.15) is 0 Å². The molecule has 0 spiro atoms. The molecule has 0 aliphatic rings. The highest BCUT2D eigenvalue weighted by atomic mass is 35.5. The molecule has 0 bridgehead atoms. The number of rotatable bonds is 7. The summed E-state index contributed by atoms with van der Waals surface area (Å²) in [6, 6.07) is 22.9. The minimum absolute atomic E-state index is 0.0755. The van der Waals surface area contributed by atoms with Crippen molar-refractivity contribution in [2.24, 2.45) is 0 Å². The van der Waals surface area contributed by atoms with Gasteiger partial charge in [0, 0.05) is 28.5 Å². The van der Waals surface area contributed by atoms with Crippen molar-refractivity contribution in [2.75, 3.05) is 17.2 Å². The van der Waals surface area contributed by atoms with Crippen LogP contribution >= 0.6 is 11.6 Å². The molecule has 1 amide bonds. The Morgan fingerprint density at radius 2 is 1.70 bits per heavy atom. The van der Waals surface area contributed by atoms with Crippen LogP contribution in [-0.4, -0.2) is 12.5 Å². The van der Waals surface area contributed by atoms with Crippen molar-refractivity contribution >= 4 is 28.9 Å². The first-order chi connectivity index (χ1) is 13.1. The Hall–Kier alpha value is -2.98. The minimum Gasteiger partial charge on any atom is -0.483 e. The highest BCUT2D eigenvalue weighted by Gasteiger charge is 2.09. The van der Waals surface area contributed by atoms with Crippen LogP contribution in [-0.2, 0) is 11.3 Å². The minimum atomic E-state index is -0.212. The van der Waals surface area contributed by atoms with E-state index in [9.17, 15) is 4.79 Å². The van der Waals surface area contributed by atoms with Gasteiger partial charge in [-0.1, -0.05) is 47.5 Å². The molecule has 0 saturated heterocycles. The summed E-state index contributed by atoms with van der Waals surface area (Å²) < 4.78 is 5.73. The lowest BCUT2D eigenvalue weighted by atomic mass is 10.2. The van der Waals surface area contributed by atoms with Gasteiger partial charge < -0.3 is 15.4 Å². The van der Waals surface area contributed by atoms with Crippen LogP contribution in [0.3, 0.4) is 0 Å². The van der Waals surface area contributed by atoms with Gasteiger partial charge in [-0.05, 0) is 49.4 Å². The van der Waals surface area contributed by atoms with Crippen LogP contribution in [0, 0.1) is 6.92 Å². The molecule has 3 aromatic rings. The third-order valence-corrected chi connectivity index (χ3v) is 4.21. The van der Waals surface area contributed by atoms with Crippen molar-refractivity contribution in [3.63, 3.8) is 0 Å². The van der Waals surface area contributed by atoms with Crippen LogP contribution in [0.4, 0.5) is 11.4 Å². The summed E-state index contributed by atoms with van der Waals surface area (Å²) in [5, 5.41) is 6.77. The molecule has 138 valence electrons. The van der Waals surface area contributed by atoms with E-state index in [4.69, 9.17) is 16.3 Å². The number of halogens is 1. The van der Waals surface area contributed by atoms with Crippen LogP contribution in [0.2, 0.25) is 5.02 Å². The van der Waals surface area contributed by atoms with E-state index in [-0.39, 0.29) is 12.5 Å². The number of benzene rings is 3. The largest absolute Gasteiger partial charge is 0.483 e. The van der Waals surface area contributed by atoms with E-state index in [1.807, 2.05) is 67.6 Å². The van der Waals surface area contributed by atoms with E-state index in [1.54, 1.807) is 12.1 Å². The van der Waals surface area contributed by atoms with Crippen molar-refractivity contribution in [1.82, 2.24) is 0 Å². The maximum Gasteiger partial charge on any atom is 0.262 e. The fourth-order valence-corrected chi connectivity index (χ4v) is 2.75. The molecule has 4 nitrogen and oxygen atoms in total. The molecule has 0 aliphatic carbocycles. The highest BCUT2D eigenvalue weighted by Crippen LogP contribution is 2.24. The van der Waals surface area contributed by atoms with Crippen LogP contribution in [0.5, 0.6) is 5.75 Å². The predicted molar refractivity (Wildman–Crippen MR) is 111 cm³/mol. The SMILES string of the molecule is Cc1ccc(NC(=O)COc2ccc(Cl)cc2CNc2ccccc2)cc1. The van der Waals surface area contributed by atoms with Gasteiger partial charge in [0.25, 0.3) is 5.91 Å². The van der Waals surface area contributed by atoms with Crippen LogP contribution in [0.25, 0.3) is 0 Å². The summed E-state index contributed by atoms with van der Waals surface area (Å²) >= 11 is 6.12. The lowest BCUT2D eigenvalue weighted by Crippen LogP contribution is -2.20. The second-order valence-electron chi connectivity index (χ2n) is 6.17. The number of amides is 1. The monoisotopic (exact) mass is 380 g/mol. The number of aryl methyl sites for hydroxylation is 1. The zero-order valence-electron chi connectivity index (χ0n) is 15.0. The Bertz CT molecular complexity index is 896. The van der Waals surface area contributed by atoms with Crippen molar-refractivity contribution in [1.29, 1.82) is 0 Å². The number of para-hydroxylation sites is 1. The van der Waals surface area contributed by atoms with Crippen molar-refractivity contribution in [2.45, 2.75) is 13.5 Å². The summed E-state index contributed by atoms with van der Waals surface area (Å²) in [7, 11) is 0. The average Bonchev–Trinajstić information content (AvgIpc) is 2.68. The first-order valence-electron chi connectivity index (χ1n) is 8.67. The Kier molecular flexibility index (Phi) is 6.34. The maximum absolute atomic E-state index is 12.2. The average molecular weight is 381 g/mol. The highest BCUT2D eigenvalue weighted by molar-refractivity contribution is 6.30. The van der Waals surface area contributed by atoms with Gasteiger partial charge >= 0.3 is 0 Å². The molecule has 0 fully saturated rings. The first-order valence-corrected chi connectivity index (χ1v) is 9.04. The van der Waals surface area contributed by atoms with E-state index >= 15 is 0 Å². The van der Waals surface area contributed by atoms with Crippen molar-refractivity contribution < 1.29 is 9.53 Å². The number of carbonyl (C=O) groups is 1. The van der Waals surface area contributed by atoms with Crippen molar-refractivity contribution in [3.8, 4) is 5.75 Å². The molecular formula is C22H21ClN2O2. The zero-order chi connectivity index (χ0) is 19.1. The number of ether oxygens (including phenoxy) is 1. The summed E-state index contributed by atoms with van der Waals surface area (Å²) in [6.45, 7) is 2.47. The van der Waals surface area contributed by atoms with E-state index in [1.165, 1.54) is 0 Å². The topological polar surface area (TPSA) is 50.4 Å². The Morgan fingerprint density at radius 3 is 2.44 bits per heavy atom. The van der Waals surface area contributed by atoms with Crippen LogP contribution in [0.1, 0.15) is 11.1 Å². The standard InChI is InChI=1S/C22H21ClN2O2/c1-16-7-10-20(11-8-16)25-22(26)15-27-21-12-9-18(23)13-17(21)14-24-19-5-3-2-4-6-19/h2-13,24H,14-15H2,1H3,(H,25,26). The molecule has 0 aromatic heterocycles. The molecule has 3 aromatic carbocycles. The van der Waals surface area contributed by atoms with Gasteiger partial charge in [-0.15, -0.1) is 0 Å². The van der Waals surface area contributed by atoms with E-state index in [2.05, 4.69) is 10.6 Å². The molecule has 5 heteroatoms. The normalized spacial score (nSPS) is 10.3. The second kappa shape index (κ2) is 9.10. The second-order valence-corrected chi connectivity index (χ2v) is 6.61. The Balaban J connectivity index is 1.60. The third kappa shape index (κ3) is 5.76. The predicted octanol–water partition coefficient (Wildman–Crippen LogP) is 5.28. The smallest absolute Gasteiger partial charge is 0.262 e. The molecule has 0 heterocycles. The fraction of sp³-hybridized carbons (Fsp3) is 0.136. The summed E-state index contributed by atoms with van der Waals surface area (Å²) in [4.78, 5) is 12.2. The molecule has 0 saturated carbocycles. The Labute approximate surface area is 164 Å². The molecule has 0 aliphatic heterocycles. The van der Waals surface area contributed by atoms with Crippen molar-refractivity contribution in [3.05, 3.63) is 88.9 Å². The molecule has 3 rings (SSSR count). The molecule has 2 N–H and O–H groups in total. The van der Waals surface area contributed by atoms with Crippen LogP contribution < -0.4 is 15.4 Å². The summed E-state index contributed by atoms with van der Waals surface area (Å²) in [5.74, 6) is 0.414. The third-order valence-electron chi connectivity index (χ3n) is 3.97. The van der Waals surface area contributed by atoms with Gasteiger partial charge in [0.2, 0.25) is 0 Å². The number of hydrogen-bond donors (Lipinski definition) is 2. The molecule has 0 atom stereocenters. The lowest BCUT2D eigenvalue weighted by molar-refractivity contribution is -0.118. The van der Waals surface area contributed by atoms with E-state index < -0.39 is 0 Å². The van der Waals surface area contributed by atoms with Gasteiger partial charge in [0.15, 0.2) is 6.61 Å². The summed E-state index contributed by atoms with van der Waals surface area (Å²) in [5.41, 5.74) is 3.77. The molecule has 27 heavy (non-hydrogen) atoms. The number of anilines is 2. The molecular weight excluding hydrogens is 360 g/mol. The fourth-order valence-electron chi connectivity index (χ4n) is 2.56. The lowest BCUT2D eigenvalue weighted by Gasteiger charge is -2.13. The molecule has 0 radical (unpaired) electrons. The van der Waals surface area contributed by atoms with Crippen LogP contribution in [0.15, 0.2) is 72.8 Å². The zero-order valence-corrected chi connectivity index (χ0v) is 15.8. The first kappa shape index (κ1) is 18.8. The van der Waals surface area contributed by atoms with Gasteiger partial charge in [0.1, 0.15) is 5.75 Å². The maximum atomic E-state index is 12.2. The quantitative estimate of drug-likeness (QED) is 0.586. The van der Waals surface area contributed by atoms with E-state index in [0.717, 1.165) is 22.5 Å². The van der Waals surface area contributed by atoms with Gasteiger partial charge in [0.05, 0.1) is 0 Å². The molecule has 0 unspecified atom stereocenters.